The number of ketones is 1. The van der Waals surface area contributed by atoms with Gasteiger partial charge in [-0.3, -0.25) is 4.79 Å². The van der Waals surface area contributed by atoms with Crippen molar-refractivity contribution in [2.45, 2.75) is 44.2 Å². The van der Waals surface area contributed by atoms with E-state index in [4.69, 9.17) is 4.74 Å². The van der Waals surface area contributed by atoms with Crippen LogP contribution >= 0.6 is 0 Å². The third-order valence-electron chi connectivity index (χ3n) is 4.44. The Morgan fingerprint density at radius 2 is 2.05 bits per heavy atom. The van der Waals surface area contributed by atoms with E-state index in [0.29, 0.717) is 24.3 Å². The van der Waals surface area contributed by atoms with Crippen LogP contribution in [-0.2, 0) is 11.2 Å². The molecule has 0 aromatic heterocycles. The summed E-state index contributed by atoms with van der Waals surface area (Å²) in [5.74, 6) is 1.48. The molecule has 2 fully saturated rings. The first-order valence-electron chi connectivity index (χ1n) is 7.16. The molecule has 2 saturated heterocycles. The number of Topliss-reactive ketones (excluding diaryl/α,β-unsaturated/α-hetero) is 1. The molecule has 0 amide bonds. The van der Waals surface area contributed by atoms with E-state index in [9.17, 15) is 4.79 Å². The number of nitrogens with one attached hydrogen (secondary N) is 1. The van der Waals surface area contributed by atoms with Crippen molar-refractivity contribution >= 4 is 5.78 Å². The lowest BCUT2D eigenvalue weighted by molar-refractivity contribution is -0.123. The third-order valence-corrected chi connectivity index (χ3v) is 4.44. The first-order valence-corrected chi connectivity index (χ1v) is 7.16. The summed E-state index contributed by atoms with van der Waals surface area (Å²) in [7, 11) is 1.66. The number of ether oxygens (including phenoxy) is 1. The van der Waals surface area contributed by atoms with Gasteiger partial charge < -0.3 is 10.1 Å². The molecular formula is C16H21NO2. The topological polar surface area (TPSA) is 38.3 Å². The van der Waals surface area contributed by atoms with Gasteiger partial charge in [-0.05, 0) is 43.4 Å². The summed E-state index contributed by atoms with van der Waals surface area (Å²) in [5.41, 5.74) is 1.07. The second kappa shape index (κ2) is 5.33. The van der Waals surface area contributed by atoms with Crippen LogP contribution in [-0.4, -0.2) is 25.0 Å². The zero-order chi connectivity index (χ0) is 13.2. The highest BCUT2D eigenvalue weighted by atomic mass is 16.5. The lowest BCUT2D eigenvalue weighted by atomic mass is 9.86. The molecule has 3 rings (SSSR count). The first-order chi connectivity index (χ1) is 9.24. The maximum absolute atomic E-state index is 12.4. The fourth-order valence-corrected chi connectivity index (χ4v) is 3.45. The van der Waals surface area contributed by atoms with Crippen molar-refractivity contribution in [1.29, 1.82) is 0 Å². The standard InChI is InChI=1S/C16H21NO2/c1-19-15-4-2-3-11(7-15)8-16(18)12-9-13-5-6-14(10-12)17-13/h2-4,7,12-14,17H,5-6,8-10H2,1H3. The van der Waals surface area contributed by atoms with Gasteiger partial charge in [-0.25, -0.2) is 0 Å². The van der Waals surface area contributed by atoms with Gasteiger partial charge in [-0.15, -0.1) is 0 Å². The molecule has 2 heterocycles. The van der Waals surface area contributed by atoms with Crippen molar-refractivity contribution in [2.75, 3.05) is 7.11 Å². The average molecular weight is 259 g/mol. The SMILES string of the molecule is COc1cccc(CC(=O)C2CC3CCC(C2)N3)c1. The number of piperidine rings is 1. The normalized spacial score (nSPS) is 29.2. The van der Waals surface area contributed by atoms with Crippen LogP contribution in [0.3, 0.4) is 0 Å². The minimum atomic E-state index is 0.255. The minimum absolute atomic E-state index is 0.255. The second-order valence-corrected chi connectivity index (χ2v) is 5.80. The fourth-order valence-electron chi connectivity index (χ4n) is 3.45. The molecule has 3 heteroatoms. The Labute approximate surface area is 114 Å². The van der Waals surface area contributed by atoms with E-state index >= 15 is 0 Å². The van der Waals surface area contributed by atoms with Gasteiger partial charge in [0.2, 0.25) is 0 Å². The minimum Gasteiger partial charge on any atom is -0.497 e. The van der Waals surface area contributed by atoms with Gasteiger partial charge in [0.05, 0.1) is 7.11 Å². The van der Waals surface area contributed by atoms with E-state index in [-0.39, 0.29) is 5.92 Å². The molecular weight excluding hydrogens is 238 g/mol. The van der Waals surface area contributed by atoms with E-state index in [0.717, 1.165) is 24.2 Å². The number of methoxy groups -OCH3 is 1. The Morgan fingerprint density at radius 1 is 1.32 bits per heavy atom. The lowest BCUT2D eigenvalue weighted by Gasteiger charge is -2.28. The van der Waals surface area contributed by atoms with Gasteiger partial charge in [-0.1, -0.05) is 12.1 Å². The van der Waals surface area contributed by atoms with Crippen molar-refractivity contribution in [3.8, 4) is 5.75 Å². The highest BCUT2D eigenvalue weighted by Crippen LogP contribution is 2.32. The number of carbonyl (C=O) groups is 1. The zero-order valence-corrected chi connectivity index (χ0v) is 11.4. The number of carbonyl (C=O) groups excluding carboxylic acids is 1. The summed E-state index contributed by atoms with van der Waals surface area (Å²) in [4.78, 5) is 12.4. The van der Waals surface area contributed by atoms with Crippen molar-refractivity contribution in [3.63, 3.8) is 0 Å². The predicted octanol–water partition coefficient (Wildman–Crippen LogP) is 2.34. The Kier molecular flexibility index (Phi) is 3.56. The first kappa shape index (κ1) is 12.7. The van der Waals surface area contributed by atoms with E-state index < -0.39 is 0 Å². The molecule has 2 aliphatic rings. The van der Waals surface area contributed by atoms with Crippen LogP contribution in [0.5, 0.6) is 5.75 Å². The molecule has 1 N–H and O–H groups in total. The molecule has 2 unspecified atom stereocenters. The van der Waals surface area contributed by atoms with Gasteiger partial charge in [0.1, 0.15) is 11.5 Å². The quantitative estimate of drug-likeness (QED) is 0.902. The van der Waals surface area contributed by atoms with Gasteiger partial charge in [-0.2, -0.15) is 0 Å². The van der Waals surface area contributed by atoms with E-state index in [2.05, 4.69) is 5.32 Å². The number of hydrogen-bond donors (Lipinski definition) is 1. The van der Waals surface area contributed by atoms with E-state index in [1.807, 2.05) is 24.3 Å². The molecule has 0 saturated carbocycles. The number of benzene rings is 1. The molecule has 1 aromatic rings. The smallest absolute Gasteiger partial charge is 0.140 e. The monoisotopic (exact) mass is 259 g/mol. The summed E-state index contributed by atoms with van der Waals surface area (Å²) in [6.07, 6.45) is 5.08. The van der Waals surface area contributed by atoms with Gasteiger partial charge >= 0.3 is 0 Å². The molecule has 102 valence electrons. The number of fused-ring (bicyclic) bond motifs is 2. The van der Waals surface area contributed by atoms with Gasteiger partial charge in [0, 0.05) is 24.4 Å². The summed E-state index contributed by atoms with van der Waals surface area (Å²) in [6.45, 7) is 0. The maximum atomic E-state index is 12.4. The van der Waals surface area contributed by atoms with E-state index in [1.165, 1.54) is 12.8 Å². The average Bonchev–Trinajstić information content (AvgIpc) is 2.77. The third kappa shape index (κ3) is 2.81. The Bertz CT molecular complexity index is 460. The predicted molar refractivity (Wildman–Crippen MR) is 74.4 cm³/mol. The molecule has 19 heavy (non-hydrogen) atoms. The highest BCUT2D eigenvalue weighted by molar-refractivity contribution is 5.83. The van der Waals surface area contributed by atoms with Crippen LogP contribution in [0.2, 0.25) is 0 Å². The Hall–Kier alpha value is -1.35. The number of hydrogen-bond acceptors (Lipinski definition) is 3. The van der Waals surface area contributed by atoms with Crippen molar-refractivity contribution in [3.05, 3.63) is 29.8 Å². The second-order valence-electron chi connectivity index (χ2n) is 5.80. The summed E-state index contributed by atoms with van der Waals surface area (Å²) in [6, 6.07) is 9.01. The van der Waals surface area contributed by atoms with Crippen LogP contribution < -0.4 is 10.1 Å². The zero-order valence-electron chi connectivity index (χ0n) is 11.4. The molecule has 2 bridgehead atoms. The summed E-state index contributed by atoms with van der Waals surface area (Å²) < 4.78 is 5.20. The van der Waals surface area contributed by atoms with Crippen molar-refractivity contribution < 1.29 is 9.53 Å². The maximum Gasteiger partial charge on any atom is 0.140 e. The lowest BCUT2D eigenvalue weighted by Crippen LogP contribution is -2.40. The Balaban J connectivity index is 1.64. The number of rotatable bonds is 4. The summed E-state index contributed by atoms with van der Waals surface area (Å²) in [5, 5.41) is 3.59. The van der Waals surface area contributed by atoms with Crippen LogP contribution in [0, 0.1) is 5.92 Å². The van der Waals surface area contributed by atoms with Crippen LogP contribution in [0.25, 0.3) is 0 Å². The molecule has 1 aromatic carbocycles. The van der Waals surface area contributed by atoms with Crippen molar-refractivity contribution in [1.82, 2.24) is 5.32 Å². The van der Waals surface area contributed by atoms with Gasteiger partial charge in [0.15, 0.2) is 0 Å². The molecule has 0 spiro atoms. The fraction of sp³-hybridized carbons (Fsp3) is 0.562. The van der Waals surface area contributed by atoms with Crippen LogP contribution in [0.1, 0.15) is 31.2 Å². The molecule has 3 nitrogen and oxygen atoms in total. The molecule has 2 atom stereocenters. The van der Waals surface area contributed by atoms with Crippen molar-refractivity contribution in [2.24, 2.45) is 5.92 Å². The molecule has 0 aliphatic carbocycles. The Morgan fingerprint density at radius 3 is 2.74 bits per heavy atom. The van der Waals surface area contributed by atoms with Gasteiger partial charge in [0.25, 0.3) is 0 Å². The molecule has 0 radical (unpaired) electrons. The largest absolute Gasteiger partial charge is 0.497 e. The summed E-state index contributed by atoms with van der Waals surface area (Å²) >= 11 is 0. The van der Waals surface area contributed by atoms with E-state index in [1.54, 1.807) is 7.11 Å². The van der Waals surface area contributed by atoms with Crippen LogP contribution in [0.15, 0.2) is 24.3 Å². The highest BCUT2D eigenvalue weighted by Gasteiger charge is 2.36. The molecule has 2 aliphatic heterocycles. The van der Waals surface area contributed by atoms with Crippen LogP contribution in [0.4, 0.5) is 0 Å².